The smallest absolute Gasteiger partial charge is 0.220 e. The predicted octanol–water partition coefficient (Wildman–Crippen LogP) is 1.66. The first-order valence-electron chi connectivity index (χ1n) is 6.99. The number of nitrogens with one attached hydrogen (secondary N) is 1. The number of carbonyl (C=O) groups is 1. The van der Waals surface area contributed by atoms with Crippen molar-refractivity contribution in [2.45, 2.75) is 44.6 Å². The highest BCUT2D eigenvalue weighted by molar-refractivity contribution is 5.76. The van der Waals surface area contributed by atoms with Gasteiger partial charge in [-0.15, -0.1) is 0 Å². The monoisotopic (exact) mass is 247 g/mol. The molecule has 0 bridgehead atoms. The quantitative estimate of drug-likeness (QED) is 0.831. The molecule has 1 N–H and O–H groups in total. The maximum absolute atomic E-state index is 12.0. The van der Waals surface area contributed by atoms with Crippen molar-refractivity contribution in [2.24, 2.45) is 18.9 Å². The molecule has 2 aliphatic rings. The molecule has 2 fully saturated rings. The summed E-state index contributed by atoms with van der Waals surface area (Å²) in [4.78, 5) is 12.0. The van der Waals surface area contributed by atoms with E-state index in [0.29, 0.717) is 12.5 Å². The zero-order chi connectivity index (χ0) is 12.5. The molecule has 2 aliphatic carbocycles. The summed E-state index contributed by atoms with van der Waals surface area (Å²) < 4.78 is 1.78. The fourth-order valence-corrected chi connectivity index (χ4v) is 2.65. The first kappa shape index (κ1) is 11.8. The SMILES string of the molecule is Cn1cc(CCC(=O)NC(C2CC2)C2CC2)cn1. The van der Waals surface area contributed by atoms with E-state index in [-0.39, 0.29) is 5.91 Å². The summed E-state index contributed by atoms with van der Waals surface area (Å²) >= 11 is 0. The lowest BCUT2D eigenvalue weighted by atomic mass is 10.1. The number of aromatic nitrogens is 2. The molecule has 1 aromatic heterocycles. The zero-order valence-corrected chi connectivity index (χ0v) is 10.9. The molecule has 0 radical (unpaired) electrons. The molecule has 4 heteroatoms. The number of carbonyl (C=O) groups excluding carboxylic acids is 1. The highest BCUT2D eigenvalue weighted by atomic mass is 16.1. The average molecular weight is 247 g/mol. The molecular weight excluding hydrogens is 226 g/mol. The van der Waals surface area contributed by atoms with Crippen LogP contribution in [0.2, 0.25) is 0 Å². The van der Waals surface area contributed by atoms with Crippen LogP contribution in [0.4, 0.5) is 0 Å². The maximum Gasteiger partial charge on any atom is 0.220 e. The number of hydrogen-bond acceptors (Lipinski definition) is 2. The van der Waals surface area contributed by atoms with Crippen molar-refractivity contribution in [1.82, 2.24) is 15.1 Å². The summed E-state index contributed by atoms with van der Waals surface area (Å²) in [5.41, 5.74) is 1.14. The molecule has 0 atom stereocenters. The second-order valence-corrected chi connectivity index (χ2v) is 5.79. The van der Waals surface area contributed by atoms with E-state index in [4.69, 9.17) is 0 Å². The predicted molar refractivity (Wildman–Crippen MR) is 68.9 cm³/mol. The van der Waals surface area contributed by atoms with E-state index < -0.39 is 0 Å². The molecule has 4 nitrogen and oxygen atoms in total. The molecule has 1 amide bonds. The Morgan fingerprint density at radius 1 is 1.44 bits per heavy atom. The van der Waals surface area contributed by atoms with Crippen LogP contribution in [0, 0.1) is 11.8 Å². The van der Waals surface area contributed by atoms with Crippen molar-refractivity contribution in [3.8, 4) is 0 Å². The summed E-state index contributed by atoms with van der Waals surface area (Å²) in [5.74, 6) is 1.77. The van der Waals surface area contributed by atoms with Gasteiger partial charge >= 0.3 is 0 Å². The van der Waals surface area contributed by atoms with Gasteiger partial charge in [-0.05, 0) is 49.5 Å². The van der Waals surface area contributed by atoms with E-state index in [1.54, 1.807) is 4.68 Å². The summed E-state index contributed by atoms with van der Waals surface area (Å²) in [7, 11) is 1.90. The Bertz CT molecular complexity index is 420. The van der Waals surface area contributed by atoms with Crippen LogP contribution >= 0.6 is 0 Å². The molecule has 1 heterocycles. The van der Waals surface area contributed by atoms with Crippen LogP contribution < -0.4 is 5.32 Å². The molecule has 0 aliphatic heterocycles. The van der Waals surface area contributed by atoms with Crippen LogP contribution in [0.1, 0.15) is 37.7 Å². The van der Waals surface area contributed by atoms with E-state index >= 15 is 0 Å². The Labute approximate surface area is 108 Å². The standard InChI is InChI=1S/C14H21N3O/c1-17-9-10(8-15-17)2-7-13(18)16-14(11-3-4-11)12-5-6-12/h8-9,11-12,14H,2-7H2,1H3,(H,16,18). The molecule has 18 heavy (non-hydrogen) atoms. The van der Waals surface area contributed by atoms with Gasteiger partial charge in [0.1, 0.15) is 0 Å². The van der Waals surface area contributed by atoms with E-state index in [1.807, 2.05) is 19.4 Å². The van der Waals surface area contributed by atoms with Gasteiger partial charge in [-0.1, -0.05) is 0 Å². The lowest BCUT2D eigenvalue weighted by Crippen LogP contribution is -2.38. The molecule has 0 saturated heterocycles. The van der Waals surface area contributed by atoms with Gasteiger partial charge in [0.25, 0.3) is 0 Å². The minimum atomic E-state index is 0.211. The van der Waals surface area contributed by atoms with Gasteiger partial charge in [-0.2, -0.15) is 5.10 Å². The number of rotatable bonds is 6. The minimum absolute atomic E-state index is 0.211. The van der Waals surface area contributed by atoms with Gasteiger partial charge in [0, 0.05) is 25.7 Å². The molecular formula is C14H21N3O. The molecule has 0 spiro atoms. The number of aryl methyl sites for hydroxylation is 2. The van der Waals surface area contributed by atoms with Gasteiger partial charge in [0.2, 0.25) is 5.91 Å². The Morgan fingerprint density at radius 2 is 2.11 bits per heavy atom. The van der Waals surface area contributed by atoms with Crippen LogP contribution in [-0.4, -0.2) is 21.7 Å². The first-order valence-corrected chi connectivity index (χ1v) is 6.99. The summed E-state index contributed by atoms with van der Waals surface area (Å²) in [6.45, 7) is 0. The Morgan fingerprint density at radius 3 is 2.61 bits per heavy atom. The third-order valence-electron chi connectivity index (χ3n) is 3.99. The maximum atomic E-state index is 12.0. The minimum Gasteiger partial charge on any atom is -0.353 e. The lowest BCUT2D eigenvalue weighted by Gasteiger charge is -2.17. The molecule has 98 valence electrons. The van der Waals surface area contributed by atoms with Crippen molar-refractivity contribution in [1.29, 1.82) is 0 Å². The molecule has 0 aromatic carbocycles. The topological polar surface area (TPSA) is 46.9 Å². The van der Waals surface area contributed by atoms with Gasteiger partial charge in [-0.3, -0.25) is 9.48 Å². The average Bonchev–Trinajstić information content (AvgIpc) is 3.23. The highest BCUT2D eigenvalue weighted by Crippen LogP contribution is 2.44. The Hall–Kier alpha value is -1.32. The van der Waals surface area contributed by atoms with Crippen LogP contribution in [-0.2, 0) is 18.3 Å². The third kappa shape index (κ3) is 2.92. The summed E-state index contributed by atoms with van der Waals surface area (Å²) in [6.07, 6.45) is 10.4. The van der Waals surface area contributed by atoms with Crippen molar-refractivity contribution < 1.29 is 4.79 Å². The summed E-state index contributed by atoms with van der Waals surface area (Å²) in [6, 6.07) is 0.478. The Balaban J connectivity index is 1.46. The van der Waals surface area contributed by atoms with Crippen molar-refractivity contribution in [2.75, 3.05) is 0 Å². The molecule has 3 rings (SSSR count). The van der Waals surface area contributed by atoms with Gasteiger partial charge in [-0.25, -0.2) is 0 Å². The van der Waals surface area contributed by atoms with Crippen LogP contribution in [0.25, 0.3) is 0 Å². The zero-order valence-electron chi connectivity index (χ0n) is 10.9. The summed E-state index contributed by atoms with van der Waals surface area (Å²) in [5, 5.41) is 7.37. The van der Waals surface area contributed by atoms with E-state index in [0.717, 1.165) is 23.8 Å². The Kier molecular flexibility index (Phi) is 3.10. The fraction of sp³-hybridized carbons (Fsp3) is 0.714. The number of nitrogens with zero attached hydrogens (tertiary/aromatic N) is 2. The van der Waals surface area contributed by atoms with Crippen LogP contribution in [0.15, 0.2) is 12.4 Å². The fourth-order valence-electron chi connectivity index (χ4n) is 2.65. The number of amides is 1. The third-order valence-corrected chi connectivity index (χ3v) is 3.99. The van der Waals surface area contributed by atoms with E-state index in [2.05, 4.69) is 10.4 Å². The van der Waals surface area contributed by atoms with Gasteiger partial charge in [0.05, 0.1) is 6.20 Å². The van der Waals surface area contributed by atoms with Gasteiger partial charge < -0.3 is 5.32 Å². The molecule has 1 aromatic rings. The van der Waals surface area contributed by atoms with Gasteiger partial charge in [0.15, 0.2) is 0 Å². The molecule has 0 unspecified atom stereocenters. The van der Waals surface area contributed by atoms with E-state index in [1.165, 1.54) is 25.7 Å². The lowest BCUT2D eigenvalue weighted by molar-refractivity contribution is -0.122. The van der Waals surface area contributed by atoms with Crippen molar-refractivity contribution in [3.63, 3.8) is 0 Å². The van der Waals surface area contributed by atoms with Crippen molar-refractivity contribution in [3.05, 3.63) is 18.0 Å². The first-order chi connectivity index (χ1) is 8.72. The molecule has 2 saturated carbocycles. The highest BCUT2D eigenvalue weighted by Gasteiger charge is 2.41. The van der Waals surface area contributed by atoms with Crippen LogP contribution in [0.3, 0.4) is 0 Å². The van der Waals surface area contributed by atoms with E-state index in [9.17, 15) is 4.79 Å². The second-order valence-electron chi connectivity index (χ2n) is 5.79. The normalized spacial score (nSPS) is 19.2. The second kappa shape index (κ2) is 4.75. The largest absolute Gasteiger partial charge is 0.353 e. The number of hydrogen-bond donors (Lipinski definition) is 1. The van der Waals surface area contributed by atoms with Crippen molar-refractivity contribution >= 4 is 5.91 Å². The van der Waals surface area contributed by atoms with Crippen LogP contribution in [0.5, 0.6) is 0 Å².